The Hall–Kier alpha value is -3.18. The number of aromatic nitrogens is 2. The van der Waals surface area contributed by atoms with E-state index in [1.807, 2.05) is 48.5 Å². The molecule has 1 heterocycles. The molecule has 28 heavy (non-hydrogen) atoms. The van der Waals surface area contributed by atoms with Gasteiger partial charge in [-0.25, -0.2) is 4.39 Å². The van der Waals surface area contributed by atoms with Crippen molar-refractivity contribution in [3.8, 4) is 11.5 Å². The second-order valence-corrected chi connectivity index (χ2v) is 6.84. The molecule has 0 saturated carbocycles. The fourth-order valence-corrected chi connectivity index (χ4v) is 2.97. The van der Waals surface area contributed by atoms with Gasteiger partial charge in [-0.3, -0.25) is 0 Å². The maximum Gasteiger partial charge on any atom is 0.247 e. The van der Waals surface area contributed by atoms with Gasteiger partial charge < -0.3 is 9.73 Å². The average molecular weight is 394 g/mol. The lowest BCUT2D eigenvalue weighted by atomic mass is 10.1. The number of rotatable bonds is 5. The molecule has 1 atom stereocenters. The highest BCUT2D eigenvalue weighted by Gasteiger charge is 2.22. The normalized spacial score (nSPS) is 12.0. The minimum Gasteiger partial charge on any atom is -0.418 e. The molecule has 0 fully saturated rings. The first-order valence-electron chi connectivity index (χ1n) is 8.77. The van der Waals surface area contributed by atoms with Gasteiger partial charge in [-0.05, 0) is 54.4 Å². The molecule has 3 aromatic carbocycles. The van der Waals surface area contributed by atoms with Crippen LogP contribution < -0.4 is 5.32 Å². The van der Waals surface area contributed by atoms with Crippen molar-refractivity contribution in [3.63, 3.8) is 0 Å². The summed E-state index contributed by atoms with van der Waals surface area (Å²) >= 11 is 6.02. The zero-order valence-electron chi connectivity index (χ0n) is 15.1. The standard InChI is InChI=1S/C22H17ClFN3O/c1-14-7-12-18(13-19(14)24)25-20(15-8-10-17(23)11-9-15)22-27-26-21(28-22)16-5-3-2-4-6-16/h2-13,20,25H,1H3/t20-/m1/s1. The van der Waals surface area contributed by atoms with Crippen molar-refractivity contribution in [3.05, 3.63) is 101 Å². The molecule has 1 aromatic heterocycles. The van der Waals surface area contributed by atoms with Gasteiger partial charge in [0.2, 0.25) is 11.8 Å². The van der Waals surface area contributed by atoms with Crippen LogP contribution in [0, 0.1) is 12.7 Å². The van der Waals surface area contributed by atoms with Crippen molar-refractivity contribution < 1.29 is 8.81 Å². The number of benzene rings is 3. The van der Waals surface area contributed by atoms with E-state index in [1.54, 1.807) is 25.1 Å². The molecule has 0 unspecified atom stereocenters. The number of nitrogens with one attached hydrogen (secondary N) is 1. The van der Waals surface area contributed by atoms with E-state index in [-0.39, 0.29) is 5.82 Å². The van der Waals surface area contributed by atoms with Crippen LogP contribution in [0.25, 0.3) is 11.5 Å². The van der Waals surface area contributed by atoms with E-state index < -0.39 is 6.04 Å². The van der Waals surface area contributed by atoms with Gasteiger partial charge in [-0.2, -0.15) is 0 Å². The van der Waals surface area contributed by atoms with Crippen LogP contribution in [0.4, 0.5) is 10.1 Å². The van der Waals surface area contributed by atoms with Crippen LogP contribution in [0.1, 0.15) is 23.1 Å². The lowest BCUT2D eigenvalue weighted by molar-refractivity contribution is 0.494. The molecule has 6 heteroatoms. The number of halogens is 2. The van der Waals surface area contributed by atoms with E-state index in [9.17, 15) is 4.39 Å². The minimum absolute atomic E-state index is 0.282. The maximum absolute atomic E-state index is 14.0. The lowest BCUT2D eigenvalue weighted by Gasteiger charge is -2.17. The first-order valence-corrected chi connectivity index (χ1v) is 9.15. The van der Waals surface area contributed by atoms with Crippen molar-refractivity contribution in [2.24, 2.45) is 0 Å². The molecular formula is C22H17ClFN3O. The molecule has 4 aromatic rings. The molecule has 4 rings (SSSR count). The van der Waals surface area contributed by atoms with E-state index in [2.05, 4.69) is 15.5 Å². The number of anilines is 1. The summed E-state index contributed by atoms with van der Waals surface area (Å²) in [6.07, 6.45) is 0. The van der Waals surface area contributed by atoms with Crippen LogP contribution in [0.5, 0.6) is 0 Å². The van der Waals surface area contributed by atoms with Gasteiger partial charge in [0.25, 0.3) is 0 Å². The van der Waals surface area contributed by atoms with Crippen LogP contribution in [0.2, 0.25) is 5.02 Å². The zero-order chi connectivity index (χ0) is 19.5. The third-order valence-corrected chi connectivity index (χ3v) is 4.65. The molecule has 0 bridgehead atoms. The van der Waals surface area contributed by atoms with Crippen molar-refractivity contribution in [1.82, 2.24) is 10.2 Å². The van der Waals surface area contributed by atoms with E-state index >= 15 is 0 Å². The van der Waals surface area contributed by atoms with Crippen molar-refractivity contribution in [2.75, 3.05) is 5.32 Å². The van der Waals surface area contributed by atoms with Gasteiger partial charge in [0.1, 0.15) is 11.9 Å². The Kier molecular flexibility index (Phi) is 5.08. The zero-order valence-corrected chi connectivity index (χ0v) is 15.8. The van der Waals surface area contributed by atoms with Crippen LogP contribution in [0.15, 0.2) is 77.2 Å². The molecule has 0 amide bonds. The third-order valence-electron chi connectivity index (χ3n) is 4.39. The lowest BCUT2D eigenvalue weighted by Crippen LogP contribution is -2.13. The molecular weight excluding hydrogens is 377 g/mol. The van der Waals surface area contributed by atoms with Gasteiger partial charge in [-0.15, -0.1) is 10.2 Å². The topological polar surface area (TPSA) is 51.0 Å². The van der Waals surface area contributed by atoms with E-state index in [0.717, 1.165) is 11.1 Å². The summed E-state index contributed by atoms with van der Waals surface area (Å²) in [7, 11) is 0. The second kappa shape index (κ2) is 7.82. The van der Waals surface area contributed by atoms with Crippen LogP contribution in [-0.4, -0.2) is 10.2 Å². The van der Waals surface area contributed by atoms with E-state index in [0.29, 0.717) is 28.1 Å². The van der Waals surface area contributed by atoms with Gasteiger partial charge >= 0.3 is 0 Å². The summed E-state index contributed by atoms with van der Waals surface area (Å²) in [6.45, 7) is 1.72. The Bertz CT molecular complexity index is 1080. The monoisotopic (exact) mass is 393 g/mol. The molecule has 0 aliphatic carbocycles. The summed E-state index contributed by atoms with van der Waals surface area (Å²) in [5.74, 6) is 0.518. The Balaban J connectivity index is 1.71. The summed E-state index contributed by atoms with van der Waals surface area (Å²) < 4.78 is 19.9. The number of aryl methyl sites for hydroxylation is 1. The van der Waals surface area contributed by atoms with Crippen molar-refractivity contribution in [1.29, 1.82) is 0 Å². The molecule has 0 saturated heterocycles. The quantitative estimate of drug-likeness (QED) is 0.449. The Morgan fingerprint density at radius 1 is 0.964 bits per heavy atom. The van der Waals surface area contributed by atoms with Gasteiger partial charge in [0, 0.05) is 16.3 Å². The fraction of sp³-hybridized carbons (Fsp3) is 0.0909. The Morgan fingerprint density at radius 2 is 1.71 bits per heavy atom. The first-order chi connectivity index (χ1) is 13.6. The van der Waals surface area contributed by atoms with Gasteiger partial charge in [0.15, 0.2) is 0 Å². The highest BCUT2D eigenvalue weighted by Crippen LogP contribution is 2.29. The molecule has 0 aliphatic heterocycles. The predicted molar refractivity (Wildman–Crippen MR) is 108 cm³/mol. The van der Waals surface area contributed by atoms with Gasteiger partial charge in [0.05, 0.1) is 0 Å². The molecule has 0 spiro atoms. The summed E-state index contributed by atoms with van der Waals surface area (Å²) in [5.41, 5.74) is 2.89. The highest BCUT2D eigenvalue weighted by molar-refractivity contribution is 6.30. The molecule has 1 N–H and O–H groups in total. The van der Waals surface area contributed by atoms with Crippen molar-refractivity contribution >= 4 is 17.3 Å². The number of hydrogen-bond donors (Lipinski definition) is 1. The molecule has 0 radical (unpaired) electrons. The predicted octanol–water partition coefficient (Wildman–Crippen LogP) is 6.04. The summed E-state index contributed by atoms with van der Waals surface area (Å²) in [6, 6.07) is 21.4. The average Bonchev–Trinajstić information content (AvgIpc) is 3.20. The maximum atomic E-state index is 14.0. The second-order valence-electron chi connectivity index (χ2n) is 6.40. The van der Waals surface area contributed by atoms with E-state index in [1.165, 1.54) is 6.07 Å². The van der Waals surface area contributed by atoms with Crippen LogP contribution in [0.3, 0.4) is 0 Å². The minimum atomic E-state index is -0.454. The van der Waals surface area contributed by atoms with Crippen molar-refractivity contribution in [2.45, 2.75) is 13.0 Å². The summed E-state index contributed by atoms with van der Waals surface area (Å²) in [4.78, 5) is 0. The molecule has 4 nitrogen and oxygen atoms in total. The molecule has 140 valence electrons. The fourth-order valence-electron chi connectivity index (χ4n) is 2.84. The Morgan fingerprint density at radius 3 is 2.43 bits per heavy atom. The summed E-state index contributed by atoms with van der Waals surface area (Å²) in [5, 5.41) is 12.3. The SMILES string of the molecule is Cc1ccc(N[C@H](c2ccc(Cl)cc2)c2nnc(-c3ccccc3)o2)cc1F. The highest BCUT2D eigenvalue weighted by atomic mass is 35.5. The van der Waals surface area contributed by atoms with Gasteiger partial charge in [-0.1, -0.05) is 48.0 Å². The first kappa shape index (κ1) is 18.2. The smallest absolute Gasteiger partial charge is 0.247 e. The van der Waals surface area contributed by atoms with Crippen LogP contribution in [-0.2, 0) is 0 Å². The van der Waals surface area contributed by atoms with Crippen LogP contribution >= 0.6 is 11.6 Å². The third kappa shape index (κ3) is 3.89. The molecule has 0 aliphatic rings. The number of hydrogen-bond acceptors (Lipinski definition) is 4. The largest absolute Gasteiger partial charge is 0.418 e. The number of nitrogens with zero attached hydrogens (tertiary/aromatic N) is 2. The van der Waals surface area contributed by atoms with E-state index in [4.69, 9.17) is 16.0 Å². The Labute approximate surface area is 167 Å².